The van der Waals surface area contributed by atoms with E-state index in [0.29, 0.717) is 5.69 Å². The van der Waals surface area contributed by atoms with Gasteiger partial charge in [-0.15, -0.1) is 5.10 Å². The molecule has 0 unspecified atom stereocenters. The molecule has 1 aromatic carbocycles. The molecule has 0 radical (unpaired) electrons. The zero-order chi connectivity index (χ0) is 12.3. The Morgan fingerprint density at radius 2 is 2.29 bits per heavy atom. The lowest BCUT2D eigenvalue weighted by Crippen LogP contribution is -2.03. The van der Waals surface area contributed by atoms with Crippen LogP contribution >= 0.6 is 15.9 Å². The molecule has 0 saturated carbocycles. The Morgan fingerprint density at radius 3 is 2.94 bits per heavy atom. The number of aromatic nitrogens is 3. The van der Waals surface area contributed by atoms with Crippen molar-refractivity contribution in [2.24, 2.45) is 0 Å². The molecule has 0 bridgehead atoms. The van der Waals surface area contributed by atoms with Crippen LogP contribution in [-0.2, 0) is 6.42 Å². The molecule has 1 aromatic heterocycles. The van der Waals surface area contributed by atoms with Crippen LogP contribution in [-0.4, -0.2) is 21.3 Å². The number of halogens is 1. The lowest BCUT2D eigenvalue weighted by Gasteiger charge is -2.05. The molecular formula is C12H12BrN3O. The molecule has 17 heavy (non-hydrogen) atoms. The van der Waals surface area contributed by atoms with Crippen LogP contribution in [0.2, 0.25) is 0 Å². The van der Waals surface area contributed by atoms with Crippen LogP contribution in [0.25, 0.3) is 5.69 Å². The Labute approximate surface area is 108 Å². The molecule has 0 fully saturated rings. The maximum Gasteiger partial charge on any atom is 0.172 e. The fraction of sp³-hybridized carbons (Fsp3) is 0.250. The summed E-state index contributed by atoms with van der Waals surface area (Å²) < 4.78 is 2.69. The van der Waals surface area contributed by atoms with Gasteiger partial charge >= 0.3 is 0 Å². The topological polar surface area (TPSA) is 47.8 Å². The first-order valence-corrected chi connectivity index (χ1v) is 6.21. The first kappa shape index (κ1) is 12.0. The van der Waals surface area contributed by atoms with Crippen molar-refractivity contribution in [2.75, 3.05) is 0 Å². The smallest absolute Gasteiger partial charge is 0.172 e. The van der Waals surface area contributed by atoms with Gasteiger partial charge in [0.2, 0.25) is 0 Å². The van der Waals surface area contributed by atoms with Gasteiger partial charge in [0.25, 0.3) is 0 Å². The largest absolute Gasteiger partial charge is 0.296 e. The van der Waals surface area contributed by atoms with Crippen molar-refractivity contribution in [3.8, 4) is 5.69 Å². The normalized spacial score (nSPS) is 10.5. The van der Waals surface area contributed by atoms with Crippen LogP contribution in [0.4, 0.5) is 0 Å². The van der Waals surface area contributed by atoms with E-state index in [-0.39, 0.29) is 0 Å². The van der Waals surface area contributed by atoms with Gasteiger partial charge < -0.3 is 0 Å². The van der Waals surface area contributed by atoms with Crippen molar-refractivity contribution in [1.82, 2.24) is 15.0 Å². The molecule has 0 N–H and O–H groups in total. The van der Waals surface area contributed by atoms with E-state index >= 15 is 0 Å². The van der Waals surface area contributed by atoms with Crippen LogP contribution in [0.15, 0.2) is 28.7 Å². The van der Waals surface area contributed by atoms with Crippen molar-refractivity contribution in [3.63, 3.8) is 0 Å². The van der Waals surface area contributed by atoms with Crippen molar-refractivity contribution >= 4 is 22.2 Å². The summed E-state index contributed by atoms with van der Waals surface area (Å²) in [5.41, 5.74) is 2.19. The second-order valence-corrected chi connectivity index (χ2v) is 4.60. The Hall–Kier alpha value is -1.49. The van der Waals surface area contributed by atoms with E-state index in [2.05, 4.69) is 33.2 Å². The van der Waals surface area contributed by atoms with E-state index < -0.39 is 0 Å². The first-order valence-electron chi connectivity index (χ1n) is 5.42. The van der Waals surface area contributed by atoms with Gasteiger partial charge in [-0.3, -0.25) is 4.79 Å². The number of nitrogens with zero attached hydrogens (tertiary/aromatic N) is 3. The number of aldehydes is 1. The van der Waals surface area contributed by atoms with Crippen molar-refractivity contribution in [3.05, 3.63) is 40.1 Å². The third kappa shape index (κ3) is 2.44. The maximum atomic E-state index is 10.9. The van der Waals surface area contributed by atoms with Gasteiger partial charge in [-0.1, -0.05) is 40.6 Å². The van der Waals surface area contributed by atoms with E-state index in [1.807, 2.05) is 24.3 Å². The van der Waals surface area contributed by atoms with Crippen LogP contribution in [0, 0.1) is 0 Å². The lowest BCUT2D eigenvalue weighted by atomic mass is 10.2. The van der Waals surface area contributed by atoms with Gasteiger partial charge in [0, 0.05) is 4.47 Å². The third-order valence-corrected chi connectivity index (χ3v) is 2.94. The van der Waals surface area contributed by atoms with Gasteiger partial charge in [-0.05, 0) is 24.6 Å². The van der Waals surface area contributed by atoms with Crippen molar-refractivity contribution in [1.29, 1.82) is 0 Å². The summed E-state index contributed by atoms with van der Waals surface area (Å²) in [5.74, 6) is 0. The molecule has 5 heteroatoms. The number of rotatable bonds is 4. The summed E-state index contributed by atoms with van der Waals surface area (Å²) in [6.07, 6.45) is 2.49. The monoisotopic (exact) mass is 293 g/mol. The second kappa shape index (κ2) is 5.23. The molecule has 0 aliphatic carbocycles. The fourth-order valence-electron chi connectivity index (χ4n) is 1.69. The van der Waals surface area contributed by atoms with E-state index in [1.165, 1.54) is 0 Å². The summed E-state index contributed by atoms with van der Waals surface area (Å²) in [5, 5.41) is 7.92. The van der Waals surface area contributed by atoms with E-state index in [4.69, 9.17) is 0 Å². The maximum absolute atomic E-state index is 10.9. The Bertz CT molecular complexity index is 536. The summed E-state index contributed by atoms with van der Waals surface area (Å²) in [6, 6.07) is 7.76. The molecule has 4 nitrogen and oxygen atoms in total. The zero-order valence-electron chi connectivity index (χ0n) is 9.43. The number of hydrogen-bond acceptors (Lipinski definition) is 3. The minimum Gasteiger partial charge on any atom is -0.296 e. The molecule has 2 rings (SSSR count). The summed E-state index contributed by atoms with van der Waals surface area (Å²) in [6.45, 7) is 2.06. The van der Waals surface area contributed by atoms with E-state index in [1.54, 1.807) is 4.68 Å². The van der Waals surface area contributed by atoms with E-state index in [0.717, 1.165) is 35.0 Å². The first-order chi connectivity index (χ1) is 8.26. The molecule has 0 aliphatic rings. The van der Waals surface area contributed by atoms with Crippen LogP contribution in [0.1, 0.15) is 29.5 Å². The average molecular weight is 294 g/mol. The van der Waals surface area contributed by atoms with Gasteiger partial charge in [-0.25, -0.2) is 4.68 Å². The summed E-state index contributed by atoms with van der Waals surface area (Å²) in [7, 11) is 0. The number of benzene rings is 1. The van der Waals surface area contributed by atoms with E-state index in [9.17, 15) is 4.79 Å². The van der Waals surface area contributed by atoms with Crippen LogP contribution in [0.3, 0.4) is 0 Å². The summed E-state index contributed by atoms with van der Waals surface area (Å²) >= 11 is 3.42. The highest BCUT2D eigenvalue weighted by atomic mass is 79.9. The van der Waals surface area contributed by atoms with Gasteiger partial charge in [-0.2, -0.15) is 0 Å². The predicted octanol–water partition coefficient (Wildman–Crippen LogP) is 2.79. The Morgan fingerprint density at radius 1 is 1.47 bits per heavy atom. The van der Waals surface area contributed by atoms with Gasteiger partial charge in [0.1, 0.15) is 5.69 Å². The average Bonchev–Trinajstić information content (AvgIpc) is 2.72. The molecule has 0 spiro atoms. The Balaban J connectivity index is 2.51. The summed E-state index contributed by atoms with van der Waals surface area (Å²) in [4.78, 5) is 10.9. The van der Waals surface area contributed by atoms with Crippen LogP contribution in [0.5, 0.6) is 0 Å². The Kier molecular flexibility index (Phi) is 3.68. The van der Waals surface area contributed by atoms with Gasteiger partial charge in [0.05, 0.1) is 11.4 Å². The highest BCUT2D eigenvalue weighted by Crippen LogP contribution is 2.18. The van der Waals surface area contributed by atoms with Crippen molar-refractivity contribution < 1.29 is 4.79 Å². The minimum absolute atomic E-state index is 0.423. The molecule has 0 amide bonds. The van der Waals surface area contributed by atoms with Crippen molar-refractivity contribution in [2.45, 2.75) is 19.8 Å². The standard InChI is InChI=1S/C12H12BrN3O/c1-2-4-12-11(8-17)14-15-16(12)10-6-3-5-9(13)7-10/h3,5-8H,2,4H2,1H3. The number of carbonyl (C=O) groups excluding carboxylic acids is 1. The molecule has 1 heterocycles. The van der Waals surface area contributed by atoms with Gasteiger partial charge in [0.15, 0.2) is 6.29 Å². The second-order valence-electron chi connectivity index (χ2n) is 3.68. The quantitative estimate of drug-likeness (QED) is 0.815. The third-order valence-electron chi connectivity index (χ3n) is 2.44. The molecule has 88 valence electrons. The fourth-order valence-corrected chi connectivity index (χ4v) is 2.08. The molecule has 0 aliphatic heterocycles. The lowest BCUT2D eigenvalue weighted by molar-refractivity contribution is 0.111. The zero-order valence-corrected chi connectivity index (χ0v) is 11.0. The SMILES string of the molecule is CCCc1c(C=O)nnn1-c1cccc(Br)c1. The van der Waals surface area contributed by atoms with Crippen LogP contribution < -0.4 is 0 Å². The molecule has 0 saturated heterocycles. The number of carbonyl (C=O) groups is 1. The highest BCUT2D eigenvalue weighted by Gasteiger charge is 2.12. The minimum atomic E-state index is 0.423. The molecule has 0 atom stereocenters. The number of hydrogen-bond donors (Lipinski definition) is 0. The predicted molar refractivity (Wildman–Crippen MR) is 68.4 cm³/mol. The highest BCUT2D eigenvalue weighted by molar-refractivity contribution is 9.10. The molecule has 2 aromatic rings. The molecular weight excluding hydrogens is 282 g/mol.